The highest BCUT2D eigenvalue weighted by molar-refractivity contribution is 9.10. The smallest absolute Gasteiger partial charge is 0.200 e. The molecule has 1 aromatic heterocycles. The fraction of sp³-hybridized carbons (Fsp3) is 0.0625. The van der Waals surface area contributed by atoms with Crippen LogP contribution in [0.25, 0.3) is 22.1 Å². The third-order valence-electron chi connectivity index (χ3n) is 3.14. The number of methoxy groups -OCH3 is 1. The quantitative estimate of drug-likeness (QED) is 0.705. The Bertz CT molecular complexity index is 819. The first-order valence-electron chi connectivity index (χ1n) is 6.04. The molecule has 0 saturated heterocycles. The second-order valence-electron chi connectivity index (χ2n) is 4.35. The maximum atomic E-state index is 12.5. The van der Waals surface area contributed by atoms with Crippen LogP contribution in [-0.2, 0) is 0 Å². The first kappa shape index (κ1) is 12.9. The van der Waals surface area contributed by atoms with Crippen LogP contribution < -0.4 is 10.2 Å². The van der Waals surface area contributed by atoms with E-state index in [0.29, 0.717) is 22.3 Å². The lowest BCUT2D eigenvalue weighted by Gasteiger charge is -2.04. The molecule has 0 spiro atoms. The van der Waals surface area contributed by atoms with Gasteiger partial charge in [-0.2, -0.15) is 0 Å². The molecule has 2 aromatic carbocycles. The fourth-order valence-corrected chi connectivity index (χ4v) is 2.33. The summed E-state index contributed by atoms with van der Waals surface area (Å²) in [4.78, 5) is 12.5. The Labute approximate surface area is 123 Å². The normalized spacial score (nSPS) is 10.7. The van der Waals surface area contributed by atoms with Gasteiger partial charge in [0, 0.05) is 10.5 Å². The van der Waals surface area contributed by atoms with Gasteiger partial charge in [0.15, 0.2) is 5.43 Å². The Morgan fingerprint density at radius 1 is 1.10 bits per heavy atom. The van der Waals surface area contributed by atoms with Crippen molar-refractivity contribution >= 4 is 26.9 Å². The molecule has 0 N–H and O–H groups in total. The van der Waals surface area contributed by atoms with Crippen molar-refractivity contribution in [2.75, 3.05) is 7.11 Å². The molecule has 0 saturated carbocycles. The molecule has 100 valence electrons. The molecule has 0 aliphatic carbocycles. The number of rotatable bonds is 2. The number of hydrogen-bond acceptors (Lipinski definition) is 3. The fourth-order valence-electron chi connectivity index (χ4n) is 2.06. The zero-order chi connectivity index (χ0) is 14.1. The van der Waals surface area contributed by atoms with Crippen LogP contribution in [0, 0.1) is 0 Å². The number of halogens is 1. The van der Waals surface area contributed by atoms with Crippen molar-refractivity contribution in [1.29, 1.82) is 0 Å². The largest absolute Gasteiger partial charge is 0.497 e. The molecule has 3 rings (SSSR count). The molecule has 3 aromatic rings. The third-order valence-corrected chi connectivity index (χ3v) is 3.67. The molecule has 0 atom stereocenters. The van der Waals surface area contributed by atoms with Crippen molar-refractivity contribution < 1.29 is 9.15 Å². The molecule has 0 unspecified atom stereocenters. The molecule has 1 heterocycles. The van der Waals surface area contributed by atoms with E-state index in [2.05, 4.69) is 15.9 Å². The van der Waals surface area contributed by atoms with E-state index in [9.17, 15) is 4.79 Å². The van der Waals surface area contributed by atoms with Crippen molar-refractivity contribution in [3.05, 3.63) is 63.4 Å². The average Bonchev–Trinajstić information content (AvgIpc) is 2.48. The summed E-state index contributed by atoms with van der Waals surface area (Å²) in [6.07, 6.45) is 1.49. The third kappa shape index (κ3) is 2.23. The Morgan fingerprint density at radius 3 is 2.55 bits per heavy atom. The highest BCUT2D eigenvalue weighted by Gasteiger charge is 2.09. The molecule has 0 bridgehead atoms. The van der Waals surface area contributed by atoms with E-state index in [0.717, 1.165) is 10.0 Å². The summed E-state index contributed by atoms with van der Waals surface area (Å²) < 4.78 is 11.7. The van der Waals surface area contributed by atoms with Crippen LogP contribution in [0.1, 0.15) is 0 Å². The van der Waals surface area contributed by atoms with Crippen molar-refractivity contribution in [1.82, 2.24) is 0 Å². The first-order valence-corrected chi connectivity index (χ1v) is 6.84. The topological polar surface area (TPSA) is 39.4 Å². The van der Waals surface area contributed by atoms with E-state index in [1.54, 1.807) is 25.3 Å². The SMILES string of the molecule is COc1ccc2c(=O)c(-c3ccc(Br)cc3)coc2c1. The van der Waals surface area contributed by atoms with Crippen LogP contribution in [0.4, 0.5) is 0 Å². The Hall–Kier alpha value is -2.07. The van der Waals surface area contributed by atoms with Gasteiger partial charge in [0.2, 0.25) is 0 Å². The number of fused-ring (bicyclic) bond motifs is 1. The van der Waals surface area contributed by atoms with Gasteiger partial charge in [-0.25, -0.2) is 0 Å². The van der Waals surface area contributed by atoms with Crippen molar-refractivity contribution in [2.45, 2.75) is 0 Å². The van der Waals surface area contributed by atoms with Gasteiger partial charge in [0.1, 0.15) is 17.6 Å². The van der Waals surface area contributed by atoms with Crippen LogP contribution in [0.15, 0.2) is 62.4 Å². The predicted molar refractivity (Wildman–Crippen MR) is 82.2 cm³/mol. The summed E-state index contributed by atoms with van der Waals surface area (Å²) in [6, 6.07) is 12.7. The molecule has 0 aliphatic rings. The molecule has 0 fully saturated rings. The van der Waals surface area contributed by atoms with Crippen molar-refractivity contribution in [3.8, 4) is 16.9 Å². The van der Waals surface area contributed by atoms with Crippen LogP contribution in [0.2, 0.25) is 0 Å². The second-order valence-corrected chi connectivity index (χ2v) is 5.26. The van der Waals surface area contributed by atoms with Gasteiger partial charge in [-0.05, 0) is 29.8 Å². The molecular formula is C16H11BrO3. The lowest BCUT2D eigenvalue weighted by Crippen LogP contribution is -2.04. The Morgan fingerprint density at radius 2 is 1.85 bits per heavy atom. The van der Waals surface area contributed by atoms with E-state index in [1.165, 1.54) is 6.26 Å². The maximum absolute atomic E-state index is 12.5. The Kier molecular flexibility index (Phi) is 3.32. The summed E-state index contributed by atoms with van der Waals surface area (Å²) in [7, 11) is 1.58. The zero-order valence-corrected chi connectivity index (χ0v) is 12.3. The van der Waals surface area contributed by atoms with Crippen LogP contribution >= 0.6 is 15.9 Å². The Balaban J connectivity index is 2.21. The molecule has 3 nitrogen and oxygen atoms in total. The van der Waals surface area contributed by atoms with Gasteiger partial charge in [-0.1, -0.05) is 28.1 Å². The number of hydrogen-bond donors (Lipinski definition) is 0. The molecule has 0 amide bonds. The minimum atomic E-state index is -0.0452. The number of ether oxygens (including phenoxy) is 1. The van der Waals surface area contributed by atoms with E-state index in [1.807, 2.05) is 24.3 Å². The first-order chi connectivity index (χ1) is 9.69. The van der Waals surface area contributed by atoms with E-state index >= 15 is 0 Å². The van der Waals surface area contributed by atoms with Crippen LogP contribution in [0.5, 0.6) is 5.75 Å². The highest BCUT2D eigenvalue weighted by atomic mass is 79.9. The van der Waals surface area contributed by atoms with Gasteiger partial charge < -0.3 is 9.15 Å². The lowest BCUT2D eigenvalue weighted by atomic mass is 10.1. The summed E-state index contributed by atoms with van der Waals surface area (Å²) in [5, 5.41) is 0.547. The lowest BCUT2D eigenvalue weighted by molar-refractivity contribution is 0.414. The summed E-state index contributed by atoms with van der Waals surface area (Å²) >= 11 is 3.38. The highest BCUT2D eigenvalue weighted by Crippen LogP contribution is 2.23. The summed E-state index contributed by atoms with van der Waals surface area (Å²) in [5.74, 6) is 0.664. The van der Waals surface area contributed by atoms with E-state index in [-0.39, 0.29) is 5.43 Å². The minimum Gasteiger partial charge on any atom is -0.497 e. The van der Waals surface area contributed by atoms with Crippen molar-refractivity contribution in [3.63, 3.8) is 0 Å². The van der Waals surface area contributed by atoms with Gasteiger partial charge in [0.25, 0.3) is 0 Å². The summed E-state index contributed by atoms with van der Waals surface area (Å²) in [5.41, 5.74) is 1.86. The average molecular weight is 331 g/mol. The standard InChI is InChI=1S/C16H11BrO3/c1-19-12-6-7-13-15(8-12)20-9-14(16(13)18)10-2-4-11(17)5-3-10/h2-9H,1H3. The molecule has 4 heteroatoms. The second kappa shape index (κ2) is 5.13. The zero-order valence-electron chi connectivity index (χ0n) is 10.7. The molecule has 0 radical (unpaired) electrons. The molecular weight excluding hydrogens is 320 g/mol. The van der Waals surface area contributed by atoms with Crippen LogP contribution in [-0.4, -0.2) is 7.11 Å². The van der Waals surface area contributed by atoms with Gasteiger partial charge in [-0.3, -0.25) is 4.79 Å². The monoisotopic (exact) mass is 330 g/mol. The minimum absolute atomic E-state index is 0.0452. The van der Waals surface area contributed by atoms with Gasteiger partial charge in [-0.15, -0.1) is 0 Å². The summed E-state index contributed by atoms with van der Waals surface area (Å²) in [6.45, 7) is 0. The predicted octanol–water partition coefficient (Wildman–Crippen LogP) is 4.23. The van der Waals surface area contributed by atoms with Gasteiger partial charge in [0.05, 0.1) is 18.1 Å². The van der Waals surface area contributed by atoms with Crippen LogP contribution in [0.3, 0.4) is 0 Å². The van der Waals surface area contributed by atoms with Crippen molar-refractivity contribution in [2.24, 2.45) is 0 Å². The van der Waals surface area contributed by atoms with E-state index < -0.39 is 0 Å². The van der Waals surface area contributed by atoms with Gasteiger partial charge >= 0.3 is 0 Å². The van der Waals surface area contributed by atoms with E-state index in [4.69, 9.17) is 9.15 Å². The maximum Gasteiger partial charge on any atom is 0.200 e. The molecule has 20 heavy (non-hydrogen) atoms. The molecule has 0 aliphatic heterocycles. The number of benzene rings is 2.